The molecule has 168 valence electrons. The van der Waals surface area contributed by atoms with E-state index in [0.717, 1.165) is 5.69 Å². The summed E-state index contributed by atoms with van der Waals surface area (Å²) >= 11 is 0. The van der Waals surface area contributed by atoms with Crippen LogP contribution in [0.4, 0.5) is 5.69 Å². The van der Waals surface area contributed by atoms with Gasteiger partial charge in [0, 0.05) is 25.3 Å². The number of nitrogens with one attached hydrogen (secondary N) is 2. The Hall–Kier alpha value is -3.17. The molecule has 1 aromatic rings. The summed E-state index contributed by atoms with van der Waals surface area (Å²) in [6.45, 7) is 2.94. The lowest BCUT2D eigenvalue weighted by molar-refractivity contribution is -0.139. The second-order valence-electron chi connectivity index (χ2n) is 7.30. The molecule has 0 saturated carbocycles. The molecule has 0 aromatic heterocycles. The van der Waals surface area contributed by atoms with Gasteiger partial charge in [-0.05, 0) is 38.1 Å². The first-order valence-electron chi connectivity index (χ1n) is 9.57. The van der Waals surface area contributed by atoms with E-state index in [4.69, 9.17) is 5.26 Å². The van der Waals surface area contributed by atoms with Gasteiger partial charge in [0.05, 0.1) is 30.0 Å². The Labute approximate surface area is 180 Å². The molecule has 11 nitrogen and oxygen atoms in total. The molecule has 12 heteroatoms. The zero-order valence-corrected chi connectivity index (χ0v) is 18.1. The fraction of sp³-hybridized carbons (Fsp3) is 0.474. The first-order valence-corrected chi connectivity index (χ1v) is 11.1. The number of benzene rings is 1. The molecule has 1 heterocycles. The molecule has 1 atom stereocenters. The Morgan fingerprint density at radius 1 is 1.23 bits per heavy atom. The van der Waals surface area contributed by atoms with E-state index in [1.807, 2.05) is 15.7 Å². The van der Waals surface area contributed by atoms with Crippen molar-refractivity contribution < 1.29 is 27.9 Å². The lowest BCUT2D eigenvalue weighted by Crippen LogP contribution is -2.54. The van der Waals surface area contributed by atoms with Crippen molar-refractivity contribution in [3.05, 3.63) is 29.8 Å². The van der Waals surface area contributed by atoms with E-state index < -0.39 is 39.7 Å². The minimum Gasteiger partial charge on any atom is -0.480 e. The number of piperazine rings is 1. The van der Waals surface area contributed by atoms with E-state index in [2.05, 4.69) is 5.32 Å². The lowest BCUT2D eigenvalue weighted by Gasteiger charge is -2.35. The third-order valence-electron chi connectivity index (χ3n) is 4.74. The van der Waals surface area contributed by atoms with E-state index in [0.29, 0.717) is 12.1 Å². The van der Waals surface area contributed by atoms with E-state index in [-0.39, 0.29) is 25.5 Å². The van der Waals surface area contributed by atoms with Gasteiger partial charge in [-0.1, -0.05) is 0 Å². The van der Waals surface area contributed by atoms with Gasteiger partial charge in [-0.2, -0.15) is 9.98 Å². The maximum absolute atomic E-state index is 12.4. The average Bonchev–Trinajstić information content (AvgIpc) is 2.72. The van der Waals surface area contributed by atoms with Crippen LogP contribution in [0.15, 0.2) is 24.3 Å². The Morgan fingerprint density at radius 3 is 2.39 bits per heavy atom. The van der Waals surface area contributed by atoms with E-state index >= 15 is 0 Å². The highest BCUT2D eigenvalue weighted by Gasteiger charge is 2.28. The fourth-order valence-electron chi connectivity index (χ4n) is 2.80. The number of carbonyl (C=O) groups is 3. The van der Waals surface area contributed by atoms with Gasteiger partial charge in [0.15, 0.2) is 0 Å². The number of carboxylic acids is 1. The van der Waals surface area contributed by atoms with Crippen LogP contribution in [0.1, 0.15) is 19.4 Å². The molecule has 1 saturated heterocycles. The fourth-order valence-corrected chi connectivity index (χ4v) is 3.65. The van der Waals surface area contributed by atoms with Gasteiger partial charge in [0.1, 0.15) is 6.04 Å². The molecule has 0 bridgehead atoms. The predicted octanol–water partition coefficient (Wildman–Crippen LogP) is -0.896. The number of amides is 2. The number of hydrogen-bond acceptors (Lipinski definition) is 7. The van der Waals surface area contributed by atoms with E-state index in [9.17, 15) is 27.9 Å². The van der Waals surface area contributed by atoms with Crippen molar-refractivity contribution in [1.82, 2.24) is 14.9 Å². The van der Waals surface area contributed by atoms with Gasteiger partial charge in [-0.15, -0.1) is 0 Å². The number of sulfonamides is 1. The molecule has 0 spiro atoms. The number of hydrogen-bond donors (Lipinski definition) is 3. The summed E-state index contributed by atoms with van der Waals surface area (Å²) in [4.78, 5) is 39.1. The molecule has 1 aliphatic heterocycles. The second-order valence-corrected chi connectivity index (χ2v) is 9.57. The summed E-state index contributed by atoms with van der Waals surface area (Å²) in [6.07, 6.45) is 0. The molecule has 1 fully saturated rings. The predicted molar refractivity (Wildman–Crippen MR) is 112 cm³/mol. The standard InChI is InChI=1S/C19H25N5O6S/c1-13(2)31(29,30)22-16(19(27)28)10-21-17(25)11-24-8-7-23(12-18(24)26)15-5-3-14(9-20)4-6-15/h3-6,13,16,22H,7-8,10-12H2,1-2H3,(H,21,25)(H,27,28). The van der Waals surface area contributed by atoms with Gasteiger partial charge < -0.3 is 20.2 Å². The van der Waals surface area contributed by atoms with Crippen LogP contribution in [0.25, 0.3) is 0 Å². The summed E-state index contributed by atoms with van der Waals surface area (Å²) in [6, 6.07) is 7.33. The molecule has 2 amide bonds. The van der Waals surface area contributed by atoms with Crippen molar-refractivity contribution in [2.24, 2.45) is 0 Å². The van der Waals surface area contributed by atoms with Crippen LogP contribution in [0.3, 0.4) is 0 Å². The molecule has 3 N–H and O–H groups in total. The Bertz CT molecular complexity index is 970. The maximum Gasteiger partial charge on any atom is 0.323 e. The summed E-state index contributed by atoms with van der Waals surface area (Å²) in [5.41, 5.74) is 1.30. The van der Waals surface area contributed by atoms with Crippen molar-refractivity contribution in [2.45, 2.75) is 25.1 Å². The van der Waals surface area contributed by atoms with Gasteiger partial charge in [-0.25, -0.2) is 8.42 Å². The number of carboxylic acid groups (broad SMARTS) is 1. The molecule has 0 aliphatic carbocycles. The lowest BCUT2D eigenvalue weighted by atomic mass is 10.2. The van der Waals surface area contributed by atoms with Gasteiger partial charge >= 0.3 is 5.97 Å². The largest absolute Gasteiger partial charge is 0.480 e. The molecule has 2 rings (SSSR count). The highest BCUT2D eigenvalue weighted by atomic mass is 32.2. The van der Waals surface area contributed by atoms with Crippen LogP contribution in [0.2, 0.25) is 0 Å². The highest BCUT2D eigenvalue weighted by Crippen LogP contribution is 2.17. The molecular formula is C19H25N5O6S. The van der Waals surface area contributed by atoms with Crippen LogP contribution >= 0.6 is 0 Å². The van der Waals surface area contributed by atoms with Crippen molar-refractivity contribution in [1.29, 1.82) is 5.26 Å². The van der Waals surface area contributed by atoms with Gasteiger partial charge in [0.2, 0.25) is 21.8 Å². The zero-order chi connectivity index (χ0) is 23.2. The average molecular weight is 452 g/mol. The number of nitriles is 1. The Kier molecular flexibility index (Phi) is 7.95. The molecule has 0 radical (unpaired) electrons. The highest BCUT2D eigenvalue weighted by molar-refractivity contribution is 7.90. The number of carbonyl (C=O) groups excluding carboxylic acids is 2. The van der Waals surface area contributed by atoms with Crippen LogP contribution in [-0.2, 0) is 24.4 Å². The molecule has 31 heavy (non-hydrogen) atoms. The van der Waals surface area contributed by atoms with Crippen molar-refractivity contribution >= 4 is 33.5 Å². The summed E-state index contributed by atoms with van der Waals surface area (Å²) in [5, 5.41) is 19.6. The maximum atomic E-state index is 12.4. The first-order chi connectivity index (χ1) is 14.5. The zero-order valence-electron chi connectivity index (χ0n) is 17.2. The van der Waals surface area contributed by atoms with Crippen LogP contribution in [0, 0.1) is 11.3 Å². The SMILES string of the molecule is CC(C)S(=O)(=O)NC(CNC(=O)CN1CCN(c2ccc(C#N)cc2)CC1=O)C(=O)O. The quantitative estimate of drug-likeness (QED) is 0.436. The van der Waals surface area contributed by atoms with Crippen molar-refractivity contribution in [3.8, 4) is 6.07 Å². The molecular weight excluding hydrogens is 426 g/mol. The molecule has 1 aromatic carbocycles. The van der Waals surface area contributed by atoms with Crippen LogP contribution < -0.4 is 14.9 Å². The first kappa shape index (κ1) is 24.1. The summed E-state index contributed by atoms with van der Waals surface area (Å²) in [7, 11) is -3.83. The normalized spacial score (nSPS) is 15.5. The second kappa shape index (κ2) is 10.2. The van der Waals surface area contributed by atoms with E-state index in [1.54, 1.807) is 24.3 Å². The monoisotopic (exact) mass is 451 g/mol. The van der Waals surface area contributed by atoms with Crippen LogP contribution in [0.5, 0.6) is 0 Å². The topological polar surface area (TPSA) is 160 Å². The summed E-state index contributed by atoms with van der Waals surface area (Å²) < 4.78 is 25.8. The Balaban J connectivity index is 1.87. The minimum atomic E-state index is -3.83. The van der Waals surface area contributed by atoms with Crippen LogP contribution in [-0.4, -0.2) is 80.2 Å². The number of anilines is 1. The third kappa shape index (κ3) is 6.66. The summed E-state index contributed by atoms with van der Waals surface area (Å²) in [5.74, 6) is -2.28. The Morgan fingerprint density at radius 2 is 1.87 bits per heavy atom. The van der Waals surface area contributed by atoms with Crippen molar-refractivity contribution in [2.75, 3.05) is 37.6 Å². The van der Waals surface area contributed by atoms with Gasteiger partial charge in [-0.3, -0.25) is 14.4 Å². The molecule has 1 aliphatic rings. The van der Waals surface area contributed by atoms with Crippen molar-refractivity contribution in [3.63, 3.8) is 0 Å². The van der Waals surface area contributed by atoms with Gasteiger partial charge in [0.25, 0.3) is 0 Å². The number of aliphatic carboxylic acids is 1. The minimum absolute atomic E-state index is 0.0606. The van der Waals surface area contributed by atoms with E-state index in [1.165, 1.54) is 18.7 Å². The molecule has 1 unspecified atom stereocenters. The number of nitrogens with zero attached hydrogens (tertiary/aromatic N) is 3. The number of rotatable bonds is 9. The smallest absolute Gasteiger partial charge is 0.323 e. The third-order valence-corrected chi connectivity index (χ3v) is 6.60.